The number of halogens is 3. The number of benzene rings is 1. The second kappa shape index (κ2) is 14.6. The Kier molecular flexibility index (Phi) is 10.3. The van der Waals surface area contributed by atoms with Gasteiger partial charge < -0.3 is 24.3 Å². The molecule has 0 spiro atoms. The molecule has 4 aromatic rings. The molecule has 2 aliphatic rings. The standard InChI is InChI=1S/C34H37F3N6O5S/c1-3-38-33(46)41-29-13-23(31-40-28(19-49-31)34(35,36)37)25(14-39-29)21-7-8-27-24(12-21)30(44)26(32(45)47-4-2)18-43(27)16-20-9-10-42(15-20)17-22-6-5-11-48-22/h7-8,12-14,18-20,22H,3-6,9-11,15-17H2,1-2H3,(H2,38,39,41,46). The van der Waals surface area contributed by atoms with Gasteiger partial charge in [-0.3, -0.25) is 10.1 Å². The molecule has 260 valence electrons. The van der Waals surface area contributed by atoms with Gasteiger partial charge in [-0.1, -0.05) is 6.07 Å². The summed E-state index contributed by atoms with van der Waals surface area (Å²) in [7, 11) is 0. The number of thiazole rings is 1. The van der Waals surface area contributed by atoms with Crippen molar-refractivity contribution in [2.75, 3.05) is 44.7 Å². The summed E-state index contributed by atoms with van der Waals surface area (Å²) >= 11 is 0.799. The van der Waals surface area contributed by atoms with E-state index in [4.69, 9.17) is 9.47 Å². The van der Waals surface area contributed by atoms with Crippen LogP contribution < -0.4 is 16.1 Å². The number of pyridine rings is 2. The summed E-state index contributed by atoms with van der Waals surface area (Å²) in [4.78, 5) is 49.6. The van der Waals surface area contributed by atoms with Crippen LogP contribution in [0.3, 0.4) is 0 Å². The molecule has 0 aliphatic carbocycles. The molecule has 0 bridgehead atoms. The first-order chi connectivity index (χ1) is 23.5. The Morgan fingerprint density at radius 1 is 1.14 bits per heavy atom. The fourth-order valence-electron chi connectivity index (χ4n) is 6.43. The first kappa shape index (κ1) is 34.5. The lowest BCUT2D eigenvalue weighted by molar-refractivity contribution is -0.140. The lowest BCUT2D eigenvalue weighted by Gasteiger charge is -2.21. The summed E-state index contributed by atoms with van der Waals surface area (Å²) in [6.07, 6.45) is 1.68. The highest BCUT2D eigenvalue weighted by molar-refractivity contribution is 7.13. The van der Waals surface area contributed by atoms with Gasteiger partial charge in [0.2, 0.25) is 5.43 Å². The largest absolute Gasteiger partial charge is 0.462 e. The van der Waals surface area contributed by atoms with E-state index in [1.807, 2.05) is 4.57 Å². The molecule has 0 saturated carbocycles. The zero-order valence-corrected chi connectivity index (χ0v) is 28.0. The Morgan fingerprint density at radius 3 is 2.69 bits per heavy atom. The molecule has 1 aromatic carbocycles. The maximum atomic E-state index is 13.8. The summed E-state index contributed by atoms with van der Waals surface area (Å²) in [5.74, 6) is -0.354. The van der Waals surface area contributed by atoms with Crippen LogP contribution in [-0.4, -0.2) is 76.9 Å². The van der Waals surface area contributed by atoms with Crippen molar-refractivity contribution in [2.24, 2.45) is 5.92 Å². The summed E-state index contributed by atoms with van der Waals surface area (Å²) in [5.41, 5.74) is 0.0787. The third-order valence-electron chi connectivity index (χ3n) is 8.71. The number of nitrogens with one attached hydrogen (secondary N) is 2. The molecule has 2 amide bonds. The number of fused-ring (bicyclic) bond motifs is 1. The van der Waals surface area contributed by atoms with Gasteiger partial charge in [-0.2, -0.15) is 13.2 Å². The molecule has 2 fully saturated rings. The van der Waals surface area contributed by atoms with Crippen LogP contribution in [0.5, 0.6) is 0 Å². The number of likely N-dealkylation sites (tertiary alicyclic amines) is 1. The van der Waals surface area contributed by atoms with Crippen molar-refractivity contribution in [1.29, 1.82) is 0 Å². The number of carbonyl (C=O) groups is 2. The van der Waals surface area contributed by atoms with E-state index in [2.05, 4.69) is 25.5 Å². The number of hydrogen-bond acceptors (Lipinski definition) is 9. The Hall–Kier alpha value is -4.34. The summed E-state index contributed by atoms with van der Waals surface area (Å²) < 4.78 is 53.6. The van der Waals surface area contributed by atoms with Gasteiger partial charge in [-0.05, 0) is 69.3 Å². The van der Waals surface area contributed by atoms with Crippen molar-refractivity contribution in [3.63, 3.8) is 0 Å². The number of aromatic nitrogens is 3. The number of hydrogen-bond donors (Lipinski definition) is 2. The summed E-state index contributed by atoms with van der Waals surface area (Å²) in [6.45, 7) is 7.91. The molecule has 6 rings (SSSR count). The van der Waals surface area contributed by atoms with Crippen molar-refractivity contribution >= 4 is 40.1 Å². The Labute approximate surface area is 284 Å². The molecule has 15 heteroatoms. The SMILES string of the molecule is CCNC(=O)Nc1cc(-c2nc(C(F)(F)F)cs2)c(-c2ccc3c(c2)c(=O)c(C(=O)OCC)cn3CC2CCN(CC3CCCO3)C2)cn1. The van der Waals surface area contributed by atoms with Gasteiger partial charge in [0.15, 0.2) is 5.69 Å². The topological polar surface area (TPSA) is 128 Å². The number of alkyl halides is 3. The van der Waals surface area contributed by atoms with Crippen LogP contribution in [0, 0.1) is 5.92 Å². The minimum Gasteiger partial charge on any atom is -0.462 e. The van der Waals surface area contributed by atoms with E-state index in [9.17, 15) is 27.6 Å². The number of esters is 1. The Balaban J connectivity index is 1.40. The average Bonchev–Trinajstić information content (AvgIpc) is 3.86. The highest BCUT2D eigenvalue weighted by atomic mass is 32.1. The van der Waals surface area contributed by atoms with Crippen LogP contribution >= 0.6 is 11.3 Å². The molecule has 49 heavy (non-hydrogen) atoms. The van der Waals surface area contributed by atoms with Crippen molar-refractivity contribution in [1.82, 2.24) is 24.8 Å². The molecule has 2 unspecified atom stereocenters. The van der Waals surface area contributed by atoms with Gasteiger partial charge in [-0.25, -0.2) is 19.6 Å². The zero-order chi connectivity index (χ0) is 34.7. The van der Waals surface area contributed by atoms with Crippen LogP contribution in [0.4, 0.5) is 23.8 Å². The van der Waals surface area contributed by atoms with Crippen LogP contribution in [0.2, 0.25) is 0 Å². The number of carbonyl (C=O) groups excluding carboxylic acids is 2. The third-order valence-corrected chi connectivity index (χ3v) is 9.58. The number of nitrogens with zero attached hydrogens (tertiary/aromatic N) is 4. The van der Waals surface area contributed by atoms with E-state index in [1.165, 1.54) is 12.3 Å². The van der Waals surface area contributed by atoms with E-state index in [0.29, 0.717) is 29.7 Å². The fourth-order valence-corrected chi connectivity index (χ4v) is 7.29. The number of anilines is 1. The highest BCUT2D eigenvalue weighted by Crippen LogP contribution is 2.39. The summed E-state index contributed by atoms with van der Waals surface area (Å²) in [5, 5.41) is 6.40. The first-order valence-electron chi connectivity index (χ1n) is 16.3. The lowest BCUT2D eigenvalue weighted by Crippen LogP contribution is -2.31. The van der Waals surface area contributed by atoms with E-state index < -0.39 is 29.3 Å². The normalized spacial score (nSPS) is 18.2. The van der Waals surface area contributed by atoms with Crippen molar-refractivity contribution in [3.8, 4) is 21.7 Å². The van der Waals surface area contributed by atoms with Gasteiger partial charge in [-0.15, -0.1) is 11.3 Å². The van der Waals surface area contributed by atoms with Crippen molar-refractivity contribution in [3.05, 3.63) is 63.5 Å². The lowest BCUT2D eigenvalue weighted by atomic mass is 9.99. The van der Waals surface area contributed by atoms with Crippen LogP contribution in [0.1, 0.15) is 49.2 Å². The predicted molar refractivity (Wildman–Crippen MR) is 180 cm³/mol. The summed E-state index contributed by atoms with van der Waals surface area (Å²) in [6, 6.07) is 6.07. The van der Waals surface area contributed by atoms with Gasteiger partial charge >= 0.3 is 18.2 Å². The molecule has 2 atom stereocenters. The molecule has 5 heterocycles. The van der Waals surface area contributed by atoms with Crippen LogP contribution in [0.15, 0.2) is 46.8 Å². The number of urea groups is 1. The second-order valence-corrected chi connectivity index (χ2v) is 13.0. The van der Waals surface area contributed by atoms with E-state index >= 15 is 0 Å². The number of ether oxygens (including phenoxy) is 2. The molecule has 2 N–H and O–H groups in total. The fraction of sp³-hybridized carbons (Fsp3) is 0.441. The molecular formula is C34H37F3N6O5S. The van der Waals surface area contributed by atoms with Gasteiger partial charge in [0.05, 0.1) is 18.2 Å². The zero-order valence-electron chi connectivity index (χ0n) is 27.1. The third kappa shape index (κ3) is 7.78. The van der Waals surface area contributed by atoms with Crippen molar-refractivity contribution in [2.45, 2.75) is 51.9 Å². The minimum absolute atomic E-state index is 0.0512. The molecule has 2 saturated heterocycles. The molecule has 2 aliphatic heterocycles. The maximum absolute atomic E-state index is 13.8. The van der Waals surface area contributed by atoms with E-state index in [-0.39, 0.29) is 46.0 Å². The van der Waals surface area contributed by atoms with Crippen LogP contribution in [0.25, 0.3) is 32.6 Å². The smallest absolute Gasteiger partial charge is 0.434 e. The number of rotatable bonds is 10. The minimum atomic E-state index is -4.65. The van der Waals surface area contributed by atoms with E-state index in [0.717, 1.165) is 62.2 Å². The first-order valence-corrected chi connectivity index (χ1v) is 17.2. The van der Waals surface area contributed by atoms with Gasteiger partial charge in [0.25, 0.3) is 0 Å². The van der Waals surface area contributed by atoms with Crippen LogP contribution in [-0.2, 0) is 22.2 Å². The van der Waals surface area contributed by atoms with Gasteiger partial charge in [0.1, 0.15) is 16.4 Å². The second-order valence-electron chi connectivity index (χ2n) is 12.2. The maximum Gasteiger partial charge on any atom is 0.434 e. The van der Waals surface area contributed by atoms with E-state index in [1.54, 1.807) is 38.2 Å². The molecule has 0 radical (unpaired) electrons. The average molecular weight is 699 g/mol. The molecular weight excluding hydrogens is 661 g/mol. The molecule has 3 aromatic heterocycles. The number of amides is 2. The highest BCUT2D eigenvalue weighted by Gasteiger charge is 2.34. The van der Waals surface area contributed by atoms with Gasteiger partial charge in [0, 0.05) is 67.1 Å². The Morgan fingerprint density at radius 2 is 1.98 bits per heavy atom. The molecule has 11 nitrogen and oxygen atoms in total. The quantitative estimate of drug-likeness (QED) is 0.193. The van der Waals surface area contributed by atoms with Crippen molar-refractivity contribution < 1.29 is 32.2 Å². The predicted octanol–water partition coefficient (Wildman–Crippen LogP) is 6.02. The Bertz CT molecular complexity index is 1910. The monoisotopic (exact) mass is 698 g/mol.